The molecule has 0 aliphatic rings. The maximum atomic E-state index is 11.5. The fourth-order valence-electron chi connectivity index (χ4n) is 4.53. The topological polar surface area (TPSA) is 50.2 Å². The maximum Gasteiger partial charge on any atom is 0.164 e. The number of hydrogen-bond donors (Lipinski definition) is 1. The van der Waals surface area contributed by atoms with E-state index in [1.807, 2.05) is 41.5 Å². The number of aliphatic hydroxyl groups is 1. The fourth-order valence-corrected chi connectivity index (χ4v) is 6.92. The van der Waals surface area contributed by atoms with Crippen molar-refractivity contribution in [2.45, 2.75) is 87.7 Å². The largest absolute Gasteiger partial charge is 0.512 e. The molecular weight excluding hydrogens is 763 g/mol. The third-order valence-corrected chi connectivity index (χ3v) is 11.7. The molecule has 0 spiro atoms. The molecule has 4 rings (SSSR count). The molecule has 6 heteroatoms. The van der Waals surface area contributed by atoms with Crippen molar-refractivity contribution in [1.29, 1.82) is 0 Å². The van der Waals surface area contributed by atoms with Gasteiger partial charge in [-0.05, 0) is 22.9 Å². The summed E-state index contributed by atoms with van der Waals surface area (Å²) < 4.78 is 0. The predicted octanol–water partition coefficient (Wildman–Crippen LogP) is 9.85. The smallest absolute Gasteiger partial charge is 0.164 e. The fraction of sp³-hybridized carbons (Fsp3) is 0.385. The number of fused-ring (bicyclic) bond motifs is 1. The second kappa shape index (κ2) is 14.4. The van der Waals surface area contributed by atoms with E-state index >= 15 is 0 Å². The maximum absolute atomic E-state index is 11.5. The van der Waals surface area contributed by atoms with Crippen LogP contribution in [0, 0.1) is 23.8 Å². The Bertz CT molecular complexity index is 1670. The molecule has 0 saturated heterocycles. The van der Waals surface area contributed by atoms with Crippen LogP contribution in [-0.2, 0) is 24.9 Å². The van der Waals surface area contributed by atoms with Crippen LogP contribution in [0.1, 0.15) is 47.1 Å². The number of aliphatic hydroxyl groups excluding tert-OH is 1. The van der Waals surface area contributed by atoms with Crippen molar-refractivity contribution >= 4 is 43.2 Å². The summed E-state index contributed by atoms with van der Waals surface area (Å²) >= 11 is 0. The molecule has 0 unspecified atom stereocenters. The van der Waals surface area contributed by atoms with E-state index in [1.165, 1.54) is 38.5 Å². The first-order valence-electron chi connectivity index (χ1n) is 15.6. The van der Waals surface area contributed by atoms with Crippen LogP contribution < -0.4 is 10.4 Å². The molecule has 3 nitrogen and oxygen atoms in total. The zero-order valence-corrected chi connectivity index (χ0v) is 34.0. The summed E-state index contributed by atoms with van der Waals surface area (Å²) in [6.45, 7) is 27.6. The van der Waals surface area contributed by atoms with E-state index in [-0.39, 0.29) is 37.1 Å². The molecule has 4 aromatic rings. The average Bonchev–Trinajstić information content (AvgIpc) is 2.90. The Balaban J connectivity index is 0.000000430. The normalized spacial score (nSPS) is 12.7. The Kier molecular flexibility index (Phi) is 12.4. The van der Waals surface area contributed by atoms with Gasteiger partial charge in [0.1, 0.15) is 5.76 Å². The van der Waals surface area contributed by atoms with Crippen molar-refractivity contribution in [3.05, 3.63) is 90.2 Å². The van der Waals surface area contributed by atoms with Gasteiger partial charge in [0.15, 0.2) is 5.78 Å². The standard InChI is InChI=1S/C28H32NSi2.C11H20O2.Ir/c1-20-15-22(17-24(16-20)31(5,6)7)28-19-25(21-11-9-8-10-12-21)26-18-23(30(2,3)4)13-14-27(26)29-28;1-10(2,3)8(12)7-9(13)11(4,5)6;/h8-14,16-19H,1-7H3;7,12H,1-6H3;/q-1;;/b;8-7-;. The van der Waals surface area contributed by atoms with Gasteiger partial charge in [-0.25, -0.2) is 0 Å². The summed E-state index contributed by atoms with van der Waals surface area (Å²) in [5.74, 6) is 0.104. The van der Waals surface area contributed by atoms with Gasteiger partial charge in [-0.2, -0.15) is 0 Å². The van der Waals surface area contributed by atoms with Crippen LogP contribution in [0.25, 0.3) is 33.3 Å². The number of benzene rings is 3. The van der Waals surface area contributed by atoms with Gasteiger partial charge < -0.3 is 5.11 Å². The quantitative estimate of drug-likeness (QED) is 0.0946. The van der Waals surface area contributed by atoms with Gasteiger partial charge in [0, 0.05) is 42.4 Å². The number of aryl methyl sites for hydroxylation is 1. The molecule has 0 aliphatic carbocycles. The van der Waals surface area contributed by atoms with Crippen LogP contribution in [0.4, 0.5) is 0 Å². The molecule has 0 bridgehead atoms. The second-order valence-electron chi connectivity index (χ2n) is 16.0. The van der Waals surface area contributed by atoms with Crippen molar-refractivity contribution in [3.8, 4) is 22.4 Å². The Hall–Kier alpha value is -2.64. The number of nitrogens with zero attached hydrogens (tertiary/aromatic N) is 1. The third-order valence-electron chi connectivity index (χ3n) is 7.68. The zero-order chi connectivity index (χ0) is 33.3. The Morgan fingerprint density at radius 3 is 1.87 bits per heavy atom. The third kappa shape index (κ3) is 10.4. The number of ketones is 1. The number of allylic oxidation sites excluding steroid dienone is 2. The summed E-state index contributed by atoms with van der Waals surface area (Å²) in [5.41, 5.74) is 6.09. The van der Waals surface area contributed by atoms with Gasteiger partial charge in [-0.1, -0.05) is 141 Å². The van der Waals surface area contributed by atoms with Crippen molar-refractivity contribution in [3.63, 3.8) is 0 Å². The number of pyridine rings is 1. The molecule has 1 aromatic heterocycles. The molecule has 1 radical (unpaired) electrons. The molecule has 45 heavy (non-hydrogen) atoms. The first-order valence-corrected chi connectivity index (χ1v) is 22.6. The van der Waals surface area contributed by atoms with Gasteiger partial charge in [0.2, 0.25) is 0 Å². The van der Waals surface area contributed by atoms with Crippen molar-refractivity contribution < 1.29 is 30.0 Å². The number of aromatic nitrogens is 1. The molecule has 0 atom stereocenters. The first kappa shape index (κ1) is 38.5. The molecular formula is C39H52IrNO2Si2-. The molecule has 3 aromatic carbocycles. The Morgan fingerprint density at radius 2 is 1.36 bits per heavy atom. The van der Waals surface area contributed by atoms with E-state index in [0.29, 0.717) is 0 Å². The van der Waals surface area contributed by atoms with Crippen LogP contribution in [0.2, 0.25) is 39.3 Å². The summed E-state index contributed by atoms with van der Waals surface area (Å²) in [6, 6.07) is 28.1. The number of carbonyl (C=O) groups is 1. The van der Waals surface area contributed by atoms with E-state index in [2.05, 4.69) is 119 Å². The van der Waals surface area contributed by atoms with E-state index in [1.54, 1.807) is 0 Å². The molecule has 0 amide bonds. The van der Waals surface area contributed by atoms with E-state index in [0.717, 1.165) is 16.8 Å². The second-order valence-corrected chi connectivity index (χ2v) is 26.2. The number of carbonyl (C=O) groups excluding carboxylic acids is 1. The summed E-state index contributed by atoms with van der Waals surface area (Å²) in [6.07, 6.45) is 1.33. The molecule has 0 fully saturated rings. The minimum absolute atomic E-state index is 0. The van der Waals surface area contributed by atoms with E-state index < -0.39 is 21.6 Å². The van der Waals surface area contributed by atoms with Crippen molar-refractivity contribution in [2.24, 2.45) is 10.8 Å². The van der Waals surface area contributed by atoms with Gasteiger partial charge in [-0.3, -0.25) is 9.78 Å². The molecule has 1 N–H and O–H groups in total. The Morgan fingerprint density at radius 1 is 0.778 bits per heavy atom. The van der Waals surface area contributed by atoms with E-state index in [4.69, 9.17) is 4.98 Å². The first-order chi connectivity index (χ1) is 20.1. The van der Waals surface area contributed by atoms with Gasteiger partial charge in [0.25, 0.3) is 0 Å². The number of rotatable bonds is 5. The Labute approximate surface area is 288 Å². The number of hydrogen-bond acceptors (Lipinski definition) is 3. The van der Waals surface area contributed by atoms with Crippen LogP contribution in [-0.4, -0.2) is 32.0 Å². The van der Waals surface area contributed by atoms with Crippen LogP contribution in [0.15, 0.2) is 78.6 Å². The molecule has 243 valence electrons. The molecule has 0 aliphatic heterocycles. The van der Waals surface area contributed by atoms with Crippen molar-refractivity contribution in [2.75, 3.05) is 0 Å². The van der Waals surface area contributed by atoms with Crippen molar-refractivity contribution in [1.82, 2.24) is 4.98 Å². The predicted molar refractivity (Wildman–Crippen MR) is 197 cm³/mol. The molecule has 0 saturated carbocycles. The van der Waals surface area contributed by atoms with Crippen LogP contribution in [0.3, 0.4) is 0 Å². The summed E-state index contributed by atoms with van der Waals surface area (Å²) in [7, 11) is -2.85. The van der Waals surface area contributed by atoms with Gasteiger partial charge in [0.05, 0.1) is 21.7 Å². The van der Waals surface area contributed by atoms with Crippen LogP contribution >= 0.6 is 0 Å². The minimum atomic E-state index is -1.43. The average molecular weight is 815 g/mol. The summed E-state index contributed by atoms with van der Waals surface area (Å²) in [4.78, 5) is 16.6. The van der Waals surface area contributed by atoms with Crippen LogP contribution in [0.5, 0.6) is 0 Å². The minimum Gasteiger partial charge on any atom is -0.512 e. The summed E-state index contributed by atoms with van der Waals surface area (Å²) in [5, 5.41) is 13.7. The van der Waals surface area contributed by atoms with Gasteiger partial charge in [-0.15, -0.1) is 34.5 Å². The zero-order valence-electron chi connectivity index (χ0n) is 29.6. The van der Waals surface area contributed by atoms with Gasteiger partial charge >= 0.3 is 0 Å². The SMILES string of the molecule is CC(C)(C)C(=O)/C=C(\O)C(C)(C)C.Cc1[c-]c(-c2cc(-c3ccccc3)c3cc([Si](C)(C)C)ccc3n2)cc([Si](C)(C)C)c1.[Ir]. The molecule has 1 heterocycles. The van der Waals surface area contributed by atoms with E-state index in [9.17, 15) is 9.90 Å². The monoisotopic (exact) mass is 815 g/mol.